The first kappa shape index (κ1) is 24.6. The van der Waals surface area contributed by atoms with Crippen LogP contribution >= 0.6 is 23.4 Å². The zero-order chi connectivity index (χ0) is 25.3. The summed E-state index contributed by atoms with van der Waals surface area (Å²) in [6.45, 7) is 0.191. The fraction of sp³-hybridized carbons (Fsp3) is 0.217. The monoisotopic (exact) mass is 517 g/mol. The molecule has 0 bridgehead atoms. The minimum Gasteiger partial charge on any atom is -0.495 e. The maximum absolute atomic E-state index is 13.4. The molecule has 2 heterocycles. The Morgan fingerprint density at radius 3 is 2.54 bits per heavy atom. The minimum absolute atomic E-state index is 0.0450. The topological polar surface area (TPSA) is 100 Å². The van der Waals surface area contributed by atoms with Crippen LogP contribution < -0.4 is 21.3 Å². The van der Waals surface area contributed by atoms with Gasteiger partial charge in [0, 0.05) is 19.1 Å². The molecule has 0 radical (unpaired) electrons. The molecule has 182 valence electrons. The molecular formula is C23H21ClFN5O4S. The van der Waals surface area contributed by atoms with Gasteiger partial charge in [0.05, 0.1) is 25.1 Å². The molecule has 0 saturated carbocycles. The van der Waals surface area contributed by atoms with Gasteiger partial charge in [0.2, 0.25) is 5.91 Å². The van der Waals surface area contributed by atoms with Crippen LogP contribution in [0.5, 0.6) is 5.75 Å². The van der Waals surface area contributed by atoms with Crippen molar-refractivity contribution in [1.82, 2.24) is 18.7 Å². The second kappa shape index (κ2) is 9.96. The number of carbonyl (C=O) groups excluding carboxylic acids is 1. The molecule has 2 aromatic heterocycles. The molecule has 35 heavy (non-hydrogen) atoms. The SMILES string of the molecule is COc1ccc(Cl)cc1NC(=O)CSc1nc2c(c(=O)n(C)c(=O)n2C)n1Cc1ccc(F)cc1. The Bertz CT molecular complexity index is 1550. The average Bonchev–Trinajstić information content (AvgIpc) is 3.20. The molecule has 0 fully saturated rings. The highest BCUT2D eigenvalue weighted by atomic mass is 35.5. The van der Waals surface area contributed by atoms with E-state index >= 15 is 0 Å². The molecule has 0 aliphatic rings. The average molecular weight is 518 g/mol. The predicted molar refractivity (Wildman–Crippen MR) is 133 cm³/mol. The van der Waals surface area contributed by atoms with Gasteiger partial charge in [-0.1, -0.05) is 35.5 Å². The Labute approximate surface area is 208 Å². The van der Waals surface area contributed by atoms with Crippen molar-refractivity contribution in [2.75, 3.05) is 18.2 Å². The number of benzene rings is 2. The molecule has 0 aliphatic carbocycles. The van der Waals surface area contributed by atoms with Gasteiger partial charge in [-0.2, -0.15) is 0 Å². The number of ether oxygens (including phenoxy) is 1. The van der Waals surface area contributed by atoms with Gasteiger partial charge in [0.1, 0.15) is 11.6 Å². The first-order valence-electron chi connectivity index (χ1n) is 10.4. The fourth-order valence-electron chi connectivity index (χ4n) is 3.55. The summed E-state index contributed by atoms with van der Waals surface area (Å²) in [5.74, 6) is -0.325. The first-order valence-corrected chi connectivity index (χ1v) is 11.7. The summed E-state index contributed by atoms with van der Waals surface area (Å²) < 4.78 is 22.6. The standard InChI is InChI=1S/C23H21ClFN5O4S/c1-28-20-19(21(32)29(2)23(28)33)30(11-13-4-7-15(25)8-5-13)22(27-20)35-12-18(31)26-16-10-14(24)6-9-17(16)34-3/h4-10H,11-12H2,1-3H3,(H,26,31). The van der Waals surface area contributed by atoms with Crippen molar-refractivity contribution in [3.05, 3.63) is 79.7 Å². The third kappa shape index (κ3) is 4.96. The number of aromatic nitrogens is 4. The second-order valence-electron chi connectivity index (χ2n) is 7.67. The second-order valence-corrected chi connectivity index (χ2v) is 9.05. The number of imidazole rings is 1. The number of thioether (sulfide) groups is 1. The summed E-state index contributed by atoms with van der Waals surface area (Å²) >= 11 is 7.13. The molecule has 2 aromatic carbocycles. The van der Waals surface area contributed by atoms with Crippen molar-refractivity contribution in [2.24, 2.45) is 14.1 Å². The molecule has 9 nitrogen and oxygen atoms in total. The smallest absolute Gasteiger partial charge is 0.332 e. The number of nitrogens with zero attached hydrogens (tertiary/aromatic N) is 4. The van der Waals surface area contributed by atoms with E-state index in [0.29, 0.717) is 21.6 Å². The lowest BCUT2D eigenvalue weighted by Gasteiger charge is -2.11. The van der Waals surface area contributed by atoms with Crippen molar-refractivity contribution >= 4 is 46.1 Å². The zero-order valence-electron chi connectivity index (χ0n) is 19.0. The highest BCUT2D eigenvalue weighted by Crippen LogP contribution is 2.28. The van der Waals surface area contributed by atoms with E-state index in [2.05, 4.69) is 10.3 Å². The van der Waals surface area contributed by atoms with E-state index in [9.17, 15) is 18.8 Å². The maximum atomic E-state index is 13.4. The largest absolute Gasteiger partial charge is 0.495 e. The minimum atomic E-state index is -0.517. The van der Waals surface area contributed by atoms with Crippen molar-refractivity contribution in [3.63, 3.8) is 0 Å². The number of carbonyl (C=O) groups is 1. The maximum Gasteiger partial charge on any atom is 0.332 e. The summed E-state index contributed by atoms with van der Waals surface area (Å²) in [6.07, 6.45) is 0. The van der Waals surface area contributed by atoms with E-state index in [0.717, 1.165) is 21.9 Å². The van der Waals surface area contributed by atoms with Gasteiger partial charge >= 0.3 is 5.69 Å². The lowest BCUT2D eigenvalue weighted by atomic mass is 10.2. The molecule has 0 saturated heterocycles. The van der Waals surface area contributed by atoms with Crippen LogP contribution in [0.25, 0.3) is 11.2 Å². The zero-order valence-corrected chi connectivity index (χ0v) is 20.6. The number of aryl methyl sites for hydroxylation is 1. The summed E-state index contributed by atoms with van der Waals surface area (Å²) in [6, 6.07) is 10.7. The van der Waals surface area contributed by atoms with Gasteiger partial charge in [0.25, 0.3) is 5.56 Å². The molecule has 0 unspecified atom stereocenters. The highest BCUT2D eigenvalue weighted by Gasteiger charge is 2.21. The fourth-order valence-corrected chi connectivity index (χ4v) is 4.52. The van der Waals surface area contributed by atoms with Crippen molar-refractivity contribution < 1.29 is 13.9 Å². The van der Waals surface area contributed by atoms with Crippen LogP contribution in [0.2, 0.25) is 5.02 Å². The normalized spacial score (nSPS) is 11.1. The summed E-state index contributed by atoms with van der Waals surface area (Å²) in [5, 5.41) is 3.55. The third-order valence-electron chi connectivity index (χ3n) is 5.33. The van der Waals surface area contributed by atoms with Crippen molar-refractivity contribution in [2.45, 2.75) is 11.7 Å². The van der Waals surface area contributed by atoms with E-state index in [4.69, 9.17) is 16.3 Å². The van der Waals surface area contributed by atoms with E-state index in [1.807, 2.05) is 0 Å². The van der Waals surface area contributed by atoms with E-state index in [-0.39, 0.29) is 35.2 Å². The van der Waals surface area contributed by atoms with E-state index in [1.165, 1.54) is 37.9 Å². The van der Waals surface area contributed by atoms with Gasteiger partial charge in [0.15, 0.2) is 16.3 Å². The Kier molecular flexibility index (Phi) is 6.99. The number of methoxy groups -OCH3 is 1. The molecular weight excluding hydrogens is 497 g/mol. The summed E-state index contributed by atoms with van der Waals surface area (Å²) in [7, 11) is 4.39. The number of anilines is 1. The van der Waals surface area contributed by atoms with Crippen LogP contribution in [0, 0.1) is 5.82 Å². The molecule has 0 spiro atoms. The van der Waals surface area contributed by atoms with Crippen molar-refractivity contribution in [1.29, 1.82) is 0 Å². The van der Waals surface area contributed by atoms with E-state index < -0.39 is 11.2 Å². The summed E-state index contributed by atoms with van der Waals surface area (Å²) in [5.41, 5.74) is 0.505. The molecule has 1 N–H and O–H groups in total. The molecule has 12 heteroatoms. The van der Waals surface area contributed by atoms with Crippen LogP contribution in [0.4, 0.5) is 10.1 Å². The Hall–Kier alpha value is -3.57. The number of fused-ring (bicyclic) bond motifs is 1. The van der Waals surface area contributed by atoms with Gasteiger partial charge in [-0.05, 0) is 35.9 Å². The summed E-state index contributed by atoms with van der Waals surface area (Å²) in [4.78, 5) is 42.6. The predicted octanol–water partition coefficient (Wildman–Crippen LogP) is 3.01. The Balaban J connectivity index is 1.69. The third-order valence-corrected chi connectivity index (χ3v) is 6.55. The number of hydrogen-bond acceptors (Lipinski definition) is 6. The lowest BCUT2D eigenvalue weighted by Crippen LogP contribution is -2.37. The molecule has 4 rings (SSSR count). The Morgan fingerprint density at radius 1 is 1.14 bits per heavy atom. The number of nitrogens with one attached hydrogen (secondary N) is 1. The van der Waals surface area contributed by atoms with Gasteiger partial charge in [-0.25, -0.2) is 14.2 Å². The number of halogens is 2. The van der Waals surface area contributed by atoms with E-state index in [1.54, 1.807) is 34.9 Å². The molecule has 0 aliphatic heterocycles. The lowest BCUT2D eigenvalue weighted by molar-refractivity contribution is -0.113. The van der Waals surface area contributed by atoms with Crippen LogP contribution in [0.15, 0.2) is 57.2 Å². The van der Waals surface area contributed by atoms with Crippen LogP contribution in [0.3, 0.4) is 0 Å². The quantitative estimate of drug-likeness (QED) is 0.378. The van der Waals surface area contributed by atoms with Crippen molar-refractivity contribution in [3.8, 4) is 5.75 Å². The van der Waals surface area contributed by atoms with Crippen LogP contribution in [-0.2, 0) is 25.4 Å². The first-order chi connectivity index (χ1) is 16.7. The number of amides is 1. The van der Waals surface area contributed by atoms with Gasteiger partial charge < -0.3 is 14.6 Å². The molecule has 4 aromatic rings. The highest BCUT2D eigenvalue weighted by molar-refractivity contribution is 7.99. The number of hydrogen-bond donors (Lipinski definition) is 1. The number of rotatable bonds is 7. The van der Waals surface area contributed by atoms with Gasteiger partial charge in [-0.3, -0.25) is 18.7 Å². The Morgan fingerprint density at radius 2 is 1.86 bits per heavy atom. The van der Waals surface area contributed by atoms with Crippen LogP contribution in [0.1, 0.15) is 5.56 Å². The molecule has 1 amide bonds. The molecule has 0 atom stereocenters. The van der Waals surface area contributed by atoms with Crippen LogP contribution in [-0.4, -0.2) is 37.5 Å². The van der Waals surface area contributed by atoms with Gasteiger partial charge in [-0.15, -0.1) is 0 Å².